The summed E-state index contributed by atoms with van der Waals surface area (Å²) in [6, 6.07) is 23.4. The first-order valence-corrected chi connectivity index (χ1v) is 22.1. The SMILES string of the molecule is C=C1C2CC(CN1c1ccc(CC[N-]N(C)CNC)s1)N2C(=C)/C=C/CN(C)C.C=Cc1cccc(-c2nc(NC(=C)C3(c4ccc5c(c4)CC(F)(F)C5)CC3)ccc2C)c1.[W]. The predicted octanol–water partition coefficient (Wildman–Crippen LogP) is 10.2. The van der Waals surface area contributed by atoms with Crippen LogP contribution in [0, 0.1) is 6.92 Å². The number of halogens is 2. The summed E-state index contributed by atoms with van der Waals surface area (Å²) in [5, 5.41) is 9.77. The molecule has 3 aliphatic heterocycles. The standard InChI is InChI=1S/C28H26F2N2.C22H35N6S.W/c1-4-20-6-5-7-21(14-20)26-18(2)8-11-25(32-26)31-19(3)27(12-13-27)24-10-9-22-16-28(29,30)17-23(22)15-24;1-17(8-7-13-25(4)5)28-19-14-21(28)18(2)27(15-19)22-10-9-20(29-22)11-12-24-26(6)16-23-3;/h4-11,14-15H,1,3,12-13,16-17H2,2H3,(H,31,32);7-10,19,21,23H,1-2,11-16H2,3-6H3;/q;-1;/b;8-7+;. The van der Waals surface area contributed by atoms with E-state index in [4.69, 9.17) is 4.98 Å². The quantitative estimate of drug-likeness (QED) is 0.0621. The van der Waals surface area contributed by atoms with Crippen molar-refractivity contribution in [3.63, 3.8) is 0 Å². The van der Waals surface area contributed by atoms with Gasteiger partial charge in [0, 0.05) is 92.7 Å². The summed E-state index contributed by atoms with van der Waals surface area (Å²) in [5.74, 6) is -1.89. The first-order valence-electron chi connectivity index (χ1n) is 21.2. The van der Waals surface area contributed by atoms with Crippen LogP contribution in [-0.4, -0.2) is 92.3 Å². The Labute approximate surface area is 386 Å². The van der Waals surface area contributed by atoms with Crippen molar-refractivity contribution in [2.24, 2.45) is 0 Å². The zero-order valence-electron chi connectivity index (χ0n) is 36.9. The van der Waals surface area contributed by atoms with Crippen molar-refractivity contribution < 1.29 is 29.8 Å². The Hall–Kier alpha value is -4.22. The fourth-order valence-corrected chi connectivity index (χ4v) is 9.76. The van der Waals surface area contributed by atoms with Crippen LogP contribution in [0.15, 0.2) is 122 Å². The Morgan fingerprint density at radius 1 is 1.03 bits per heavy atom. The summed E-state index contributed by atoms with van der Waals surface area (Å²) in [6.07, 6.45) is 9.91. The second-order valence-corrected chi connectivity index (χ2v) is 18.3. The maximum atomic E-state index is 13.8. The Balaban J connectivity index is 0.000000205. The van der Waals surface area contributed by atoms with E-state index in [2.05, 4.69) is 108 Å². The van der Waals surface area contributed by atoms with Crippen molar-refractivity contribution in [2.45, 2.75) is 68.9 Å². The minimum Gasteiger partial charge on any atom is -0.593 e. The minimum atomic E-state index is -2.63. The van der Waals surface area contributed by atoms with Crippen LogP contribution in [0.5, 0.6) is 0 Å². The fraction of sp³-hybridized carbons (Fsp3) is 0.380. The number of aryl methyl sites for hydroxylation is 1. The van der Waals surface area contributed by atoms with Crippen molar-refractivity contribution in [3.8, 4) is 11.3 Å². The number of aromatic nitrogens is 1. The molecule has 8 nitrogen and oxygen atoms in total. The number of nitrogens with zero attached hydrogens (tertiary/aromatic N) is 6. The molecule has 0 radical (unpaired) electrons. The fourth-order valence-electron chi connectivity index (χ4n) is 8.72. The van der Waals surface area contributed by atoms with Crippen molar-refractivity contribution in [3.05, 3.63) is 160 Å². The Morgan fingerprint density at radius 2 is 1.81 bits per heavy atom. The molecule has 0 spiro atoms. The number of hydrogen-bond acceptors (Lipinski definition) is 8. The largest absolute Gasteiger partial charge is 0.593 e. The van der Waals surface area contributed by atoms with Gasteiger partial charge in [0.2, 0.25) is 0 Å². The molecule has 2 unspecified atom stereocenters. The number of nitrogens with one attached hydrogen (secondary N) is 2. The number of benzene rings is 2. The van der Waals surface area contributed by atoms with Crippen LogP contribution in [-0.2, 0) is 45.7 Å². The summed E-state index contributed by atoms with van der Waals surface area (Å²) < 4.78 is 27.7. The molecule has 2 N–H and O–H groups in total. The van der Waals surface area contributed by atoms with E-state index in [1.54, 1.807) is 0 Å². The third kappa shape index (κ3) is 10.7. The molecule has 2 aliphatic carbocycles. The number of likely N-dealkylation sites (N-methyl/N-ethyl adjacent to an activating group) is 1. The Morgan fingerprint density at radius 3 is 2.52 bits per heavy atom. The monoisotopic (exact) mass is 1030 g/mol. The molecular weight excluding hydrogens is 967 g/mol. The number of hydrogen-bond donors (Lipinski definition) is 2. The number of rotatable bonds is 17. The number of allylic oxidation sites excluding steroid dienone is 2. The molecule has 2 aromatic heterocycles. The van der Waals surface area contributed by atoms with Gasteiger partial charge in [-0.15, -0.1) is 17.9 Å². The van der Waals surface area contributed by atoms with Crippen LogP contribution in [0.25, 0.3) is 22.8 Å². The second kappa shape index (κ2) is 20.1. The van der Waals surface area contributed by atoms with E-state index in [0.717, 1.165) is 102 Å². The van der Waals surface area contributed by atoms with Gasteiger partial charge in [-0.1, -0.05) is 80.9 Å². The molecule has 3 saturated heterocycles. The molecule has 0 amide bonds. The van der Waals surface area contributed by atoms with Crippen molar-refractivity contribution in [2.75, 3.05) is 64.7 Å². The number of piperidine rings is 1. The molecule has 5 aliphatic rings. The molecule has 2 bridgehead atoms. The molecule has 62 heavy (non-hydrogen) atoms. The van der Waals surface area contributed by atoms with Crippen LogP contribution in [0.3, 0.4) is 0 Å². The van der Waals surface area contributed by atoms with Gasteiger partial charge in [-0.25, -0.2) is 13.8 Å². The zero-order chi connectivity index (χ0) is 43.5. The molecule has 5 heterocycles. The third-order valence-electron chi connectivity index (χ3n) is 12.2. The molecule has 328 valence electrons. The first kappa shape index (κ1) is 47.3. The van der Waals surface area contributed by atoms with Gasteiger partial charge in [-0.2, -0.15) is 0 Å². The maximum absolute atomic E-state index is 13.8. The molecule has 4 aromatic rings. The van der Waals surface area contributed by atoms with Crippen LogP contribution < -0.4 is 15.5 Å². The normalized spacial score (nSPS) is 19.1. The van der Waals surface area contributed by atoms with Crippen LogP contribution in [0.4, 0.5) is 19.6 Å². The molecule has 9 rings (SSSR count). The molecule has 1 saturated carbocycles. The van der Waals surface area contributed by atoms with Crippen LogP contribution >= 0.6 is 11.3 Å². The Bertz CT molecular complexity index is 2300. The summed E-state index contributed by atoms with van der Waals surface area (Å²) in [7, 11) is 8.09. The third-order valence-corrected chi connectivity index (χ3v) is 13.4. The number of pyridine rings is 1. The maximum Gasteiger partial charge on any atom is 0.256 e. The number of thiophene rings is 1. The first-order chi connectivity index (χ1) is 29.2. The smallest absolute Gasteiger partial charge is 0.256 e. The van der Waals surface area contributed by atoms with E-state index in [9.17, 15) is 8.78 Å². The van der Waals surface area contributed by atoms with Gasteiger partial charge in [0.25, 0.3) is 5.92 Å². The van der Waals surface area contributed by atoms with Crippen molar-refractivity contribution in [1.29, 1.82) is 0 Å². The van der Waals surface area contributed by atoms with Gasteiger partial charge in [0.15, 0.2) is 0 Å². The van der Waals surface area contributed by atoms with Gasteiger partial charge in [-0.05, 0) is 119 Å². The van der Waals surface area contributed by atoms with E-state index < -0.39 is 5.92 Å². The van der Waals surface area contributed by atoms with Crippen molar-refractivity contribution >= 4 is 28.2 Å². The van der Waals surface area contributed by atoms with E-state index in [0.29, 0.717) is 12.1 Å². The van der Waals surface area contributed by atoms with E-state index >= 15 is 0 Å². The zero-order valence-corrected chi connectivity index (χ0v) is 40.6. The summed E-state index contributed by atoms with van der Waals surface area (Å²) in [6.45, 7) is 22.5. The van der Waals surface area contributed by atoms with Crippen LogP contribution in [0.1, 0.15) is 52.0 Å². The second-order valence-electron chi connectivity index (χ2n) is 17.2. The summed E-state index contributed by atoms with van der Waals surface area (Å²) in [5.41, 5.74) is 14.2. The molecular formula is C50H61F2N8SW-. The number of alkyl halides is 2. The van der Waals surface area contributed by atoms with Gasteiger partial charge in [0.05, 0.1) is 16.7 Å². The Kier molecular flexibility index (Phi) is 15.3. The van der Waals surface area contributed by atoms with E-state index in [1.807, 2.05) is 85.9 Å². The number of anilines is 2. The van der Waals surface area contributed by atoms with Crippen molar-refractivity contribution in [1.82, 2.24) is 25.1 Å². The topological polar surface area (TPSA) is 64.0 Å². The van der Waals surface area contributed by atoms with Gasteiger partial charge in [-0.3, -0.25) is 0 Å². The van der Waals surface area contributed by atoms with Gasteiger partial charge in [0.1, 0.15) is 5.82 Å². The number of fused-ring (bicyclic) bond motifs is 3. The average Bonchev–Trinajstić information content (AvgIpc) is 3.79. The molecule has 2 atom stereocenters. The predicted molar refractivity (Wildman–Crippen MR) is 252 cm³/mol. The van der Waals surface area contributed by atoms with Gasteiger partial charge >= 0.3 is 0 Å². The van der Waals surface area contributed by atoms with E-state index in [1.165, 1.54) is 22.0 Å². The summed E-state index contributed by atoms with van der Waals surface area (Å²) >= 11 is 1.87. The molecule has 12 heteroatoms. The van der Waals surface area contributed by atoms with Gasteiger partial charge < -0.3 is 35.8 Å². The average molecular weight is 1030 g/mol. The molecule has 4 fully saturated rings. The number of piperazine rings is 1. The minimum absolute atomic E-state index is 0. The van der Waals surface area contributed by atoms with E-state index in [-0.39, 0.29) is 39.3 Å². The molecule has 2 aromatic carbocycles. The summed E-state index contributed by atoms with van der Waals surface area (Å²) in [4.78, 5) is 13.2. The van der Waals surface area contributed by atoms with Crippen LogP contribution in [0.2, 0.25) is 0 Å².